The summed E-state index contributed by atoms with van der Waals surface area (Å²) >= 11 is 0. The summed E-state index contributed by atoms with van der Waals surface area (Å²) < 4.78 is 15.7. The van der Waals surface area contributed by atoms with E-state index >= 15 is 0 Å². The van der Waals surface area contributed by atoms with Crippen LogP contribution in [0.1, 0.15) is 22.8 Å². The average Bonchev–Trinajstić information content (AvgIpc) is 2.72. The Morgan fingerprint density at radius 1 is 0.964 bits per heavy atom. The highest BCUT2D eigenvalue weighted by Gasteiger charge is 2.08. The van der Waals surface area contributed by atoms with Gasteiger partial charge in [-0.3, -0.25) is 10.2 Å². The monoisotopic (exact) mass is 384 g/mol. The molecule has 0 bridgehead atoms. The fraction of sp³-hybridized carbons (Fsp3) is 0.238. The summed E-state index contributed by atoms with van der Waals surface area (Å²) in [6.45, 7) is 3.35. The molecule has 0 spiro atoms. The van der Waals surface area contributed by atoms with Gasteiger partial charge in [0.15, 0.2) is 0 Å². The first-order valence-electron chi connectivity index (χ1n) is 8.91. The van der Waals surface area contributed by atoms with Gasteiger partial charge in [-0.05, 0) is 36.8 Å². The van der Waals surface area contributed by atoms with E-state index in [2.05, 4.69) is 10.9 Å². The maximum atomic E-state index is 12.0. The Hall–Kier alpha value is -3.32. The van der Waals surface area contributed by atoms with Gasteiger partial charge in [0.2, 0.25) is 0 Å². The first-order chi connectivity index (χ1) is 13.7. The van der Waals surface area contributed by atoms with E-state index in [4.69, 9.17) is 14.2 Å². The molecule has 2 amide bonds. The van der Waals surface area contributed by atoms with Gasteiger partial charge in [0.05, 0.1) is 19.8 Å². The summed E-state index contributed by atoms with van der Waals surface area (Å²) in [4.78, 5) is 23.6. The van der Waals surface area contributed by atoms with Crippen LogP contribution in [0.4, 0.5) is 4.79 Å². The molecule has 0 aliphatic rings. The minimum absolute atomic E-state index is 0.0657. The van der Waals surface area contributed by atoms with Crippen molar-refractivity contribution in [3.63, 3.8) is 0 Å². The van der Waals surface area contributed by atoms with Crippen LogP contribution in [0, 0.1) is 0 Å². The van der Waals surface area contributed by atoms with Crippen molar-refractivity contribution in [3.05, 3.63) is 77.9 Å². The summed E-state index contributed by atoms with van der Waals surface area (Å²) in [5.41, 5.74) is 5.92. The number of nitrogens with one attached hydrogen (secondary N) is 2. The van der Waals surface area contributed by atoms with E-state index in [0.29, 0.717) is 31.1 Å². The number of hydrogen-bond donors (Lipinski definition) is 2. The van der Waals surface area contributed by atoms with Crippen molar-refractivity contribution in [3.8, 4) is 5.75 Å². The van der Waals surface area contributed by atoms with Gasteiger partial charge >= 0.3 is 6.09 Å². The molecule has 0 fully saturated rings. The molecule has 7 heteroatoms. The number of hydrazine groups is 1. The predicted molar refractivity (Wildman–Crippen MR) is 105 cm³/mol. The van der Waals surface area contributed by atoms with Gasteiger partial charge in [-0.25, -0.2) is 10.2 Å². The summed E-state index contributed by atoms with van der Waals surface area (Å²) in [7, 11) is 0. The van der Waals surface area contributed by atoms with Crippen molar-refractivity contribution in [1.29, 1.82) is 0 Å². The van der Waals surface area contributed by atoms with E-state index in [1.165, 1.54) is 0 Å². The molecule has 7 nitrogen and oxygen atoms in total. The highest BCUT2D eigenvalue weighted by molar-refractivity contribution is 5.95. The van der Waals surface area contributed by atoms with Crippen LogP contribution >= 0.6 is 0 Å². The molecular weight excluding hydrogens is 360 g/mol. The van der Waals surface area contributed by atoms with Gasteiger partial charge in [-0.2, -0.15) is 0 Å². The van der Waals surface area contributed by atoms with Crippen molar-refractivity contribution in [2.75, 3.05) is 19.8 Å². The molecule has 2 aromatic carbocycles. The van der Waals surface area contributed by atoms with E-state index in [1.807, 2.05) is 37.3 Å². The topological polar surface area (TPSA) is 85.9 Å². The van der Waals surface area contributed by atoms with Crippen molar-refractivity contribution < 1.29 is 23.8 Å². The molecule has 0 aromatic heterocycles. The molecule has 148 valence electrons. The zero-order chi connectivity index (χ0) is 20.0. The van der Waals surface area contributed by atoms with Gasteiger partial charge in [-0.1, -0.05) is 42.5 Å². The largest absolute Gasteiger partial charge is 0.494 e. The average molecular weight is 384 g/mol. The van der Waals surface area contributed by atoms with Crippen molar-refractivity contribution in [1.82, 2.24) is 10.9 Å². The fourth-order valence-corrected chi connectivity index (χ4v) is 2.19. The van der Waals surface area contributed by atoms with Gasteiger partial charge in [0.25, 0.3) is 5.91 Å². The van der Waals surface area contributed by atoms with Crippen LogP contribution in [-0.2, 0) is 16.1 Å². The standard InChI is InChI=1S/C21H24N2O5/c1-2-27-19-12-8-11-18(15-19)20(24)22-23-21(25)28-14-7-6-13-26-16-17-9-4-3-5-10-17/h3-12,15H,2,13-14,16H2,1H3,(H,22,24)(H,23,25)/b7-6+. The molecule has 0 heterocycles. The Balaban J connectivity index is 1.59. The third-order valence-corrected chi connectivity index (χ3v) is 3.49. The summed E-state index contributed by atoms with van der Waals surface area (Å²) in [5.74, 6) is 0.112. The van der Waals surface area contributed by atoms with E-state index in [9.17, 15) is 9.59 Å². The molecule has 0 unspecified atom stereocenters. The number of ether oxygens (including phenoxy) is 3. The van der Waals surface area contributed by atoms with Crippen LogP contribution in [0.5, 0.6) is 5.75 Å². The van der Waals surface area contributed by atoms with Crippen molar-refractivity contribution >= 4 is 12.0 Å². The van der Waals surface area contributed by atoms with Gasteiger partial charge in [0, 0.05) is 5.56 Å². The number of hydrogen-bond acceptors (Lipinski definition) is 5. The zero-order valence-corrected chi connectivity index (χ0v) is 15.7. The molecule has 0 aliphatic carbocycles. The van der Waals surface area contributed by atoms with Crippen LogP contribution in [0.2, 0.25) is 0 Å². The number of amides is 2. The van der Waals surface area contributed by atoms with Crippen LogP contribution < -0.4 is 15.6 Å². The normalized spacial score (nSPS) is 10.5. The number of rotatable bonds is 9. The number of benzene rings is 2. The SMILES string of the molecule is CCOc1cccc(C(=O)NNC(=O)OC/C=C/COCc2ccccc2)c1. The molecular formula is C21H24N2O5. The van der Waals surface area contributed by atoms with Gasteiger partial charge in [0.1, 0.15) is 12.4 Å². The maximum Gasteiger partial charge on any atom is 0.426 e. The lowest BCUT2D eigenvalue weighted by molar-refractivity contribution is 0.0915. The Morgan fingerprint density at radius 2 is 1.75 bits per heavy atom. The molecule has 2 N–H and O–H groups in total. The molecule has 0 saturated heterocycles. The Morgan fingerprint density at radius 3 is 2.54 bits per heavy atom. The van der Waals surface area contributed by atoms with E-state index < -0.39 is 12.0 Å². The van der Waals surface area contributed by atoms with Crippen LogP contribution in [0.25, 0.3) is 0 Å². The number of carbonyl (C=O) groups excluding carboxylic acids is 2. The lowest BCUT2D eigenvalue weighted by Crippen LogP contribution is -2.41. The molecule has 28 heavy (non-hydrogen) atoms. The fourth-order valence-electron chi connectivity index (χ4n) is 2.19. The van der Waals surface area contributed by atoms with E-state index in [0.717, 1.165) is 5.56 Å². The van der Waals surface area contributed by atoms with Gasteiger partial charge in [-0.15, -0.1) is 0 Å². The summed E-state index contributed by atoms with van der Waals surface area (Å²) in [5, 5.41) is 0. The Bertz CT molecular complexity index is 777. The third-order valence-electron chi connectivity index (χ3n) is 3.49. The van der Waals surface area contributed by atoms with Crippen molar-refractivity contribution in [2.45, 2.75) is 13.5 Å². The van der Waals surface area contributed by atoms with Crippen LogP contribution in [0.15, 0.2) is 66.7 Å². The third kappa shape index (κ3) is 7.92. The second kappa shape index (κ2) is 12.1. The van der Waals surface area contributed by atoms with E-state index in [1.54, 1.807) is 36.4 Å². The molecule has 2 aromatic rings. The minimum atomic E-state index is -0.760. The molecule has 0 atom stereocenters. The van der Waals surface area contributed by atoms with Crippen LogP contribution in [-0.4, -0.2) is 31.8 Å². The van der Waals surface area contributed by atoms with Crippen LogP contribution in [0.3, 0.4) is 0 Å². The van der Waals surface area contributed by atoms with Gasteiger partial charge < -0.3 is 14.2 Å². The lowest BCUT2D eigenvalue weighted by Gasteiger charge is -2.08. The molecule has 0 saturated carbocycles. The first-order valence-corrected chi connectivity index (χ1v) is 8.91. The number of carbonyl (C=O) groups is 2. The zero-order valence-electron chi connectivity index (χ0n) is 15.7. The second-order valence-corrected chi connectivity index (χ2v) is 5.61. The summed E-state index contributed by atoms with van der Waals surface area (Å²) in [6, 6.07) is 16.5. The van der Waals surface area contributed by atoms with Crippen molar-refractivity contribution in [2.24, 2.45) is 0 Å². The molecule has 0 radical (unpaired) electrons. The Kier molecular flexibility index (Phi) is 9.10. The Labute approximate surface area is 164 Å². The minimum Gasteiger partial charge on any atom is -0.494 e. The maximum absolute atomic E-state index is 12.0. The first kappa shape index (κ1) is 21.0. The molecule has 2 rings (SSSR count). The predicted octanol–water partition coefficient (Wildman–Crippen LogP) is 3.23. The smallest absolute Gasteiger partial charge is 0.426 e. The highest BCUT2D eigenvalue weighted by Crippen LogP contribution is 2.12. The molecule has 0 aliphatic heterocycles. The second-order valence-electron chi connectivity index (χ2n) is 5.61. The lowest BCUT2D eigenvalue weighted by atomic mass is 10.2. The van der Waals surface area contributed by atoms with E-state index in [-0.39, 0.29) is 6.61 Å². The highest BCUT2D eigenvalue weighted by atomic mass is 16.6. The quantitative estimate of drug-likeness (QED) is 0.394. The summed E-state index contributed by atoms with van der Waals surface area (Å²) in [6.07, 6.45) is 2.66.